The van der Waals surface area contributed by atoms with Crippen LogP contribution in [0.15, 0.2) is 81.7 Å². The zero-order chi connectivity index (χ0) is 33.1. The van der Waals surface area contributed by atoms with E-state index in [1.54, 1.807) is 58.9 Å². The average molecular weight is 681 g/mol. The van der Waals surface area contributed by atoms with Gasteiger partial charge in [-0.3, -0.25) is 14.2 Å². The van der Waals surface area contributed by atoms with Gasteiger partial charge in [0.05, 0.1) is 39.5 Å². The van der Waals surface area contributed by atoms with Crippen LogP contribution in [0.5, 0.6) is 11.5 Å². The number of carboxylic acid groups (broad SMARTS) is 1. The molecule has 1 N–H and O–H groups in total. The quantitative estimate of drug-likeness (QED) is 0.230. The standard InChI is InChI=1S/C34H31Cl2N3O6S/c1-5-38(6-2)32(41)28-19(3)37-34-39(29(28)22-10-12-24(35)13-11-22)31(40)27(46-34)17-21-15-25(36)30(26(16-21)44-4)45-18-20-8-7-9-23(14-20)33(42)43/h7-17,29H,5-6,18H2,1-4H3,(H,42,43)/b27-17+/t29-/m1/s1. The third-order valence-electron chi connectivity index (χ3n) is 7.60. The highest BCUT2D eigenvalue weighted by molar-refractivity contribution is 7.07. The summed E-state index contributed by atoms with van der Waals surface area (Å²) in [6.45, 7) is 6.71. The maximum Gasteiger partial charge on any atom is 0.335 e. The minimum atomic E-state index is -1.03. The normalized spacial score (nSPS) is 14.5. The second-order valence-electron chi connectivity index (χ2n) is 10.4. The van der Waals surface area contributed by atoms with Crippen LogP contribution in [0, 0.1) is 0 Å². The molecule has 46 heavy (non-hydrogen) atoms. The molecule has 1 aliphatic rings. The van der Waals surface area contributed by atoms with Crippen molar-refractivity contribution >= 4 is 52.5 Å². The predicted molar refractivity (Wildman–Crippen MR) is 179 cm³/mol. The second kappa shape index (κ2) is 13.9. The zero-order valence-electron chi connectivity index (χ0n) is 25.5. The first-order chi connectivity index (χ1) is 22.1. The number of fused-ring (bicyclic) bond motifs is 1. The number of benzene rings is 3. The van der Waals surface area contributed by atoms with Gasteiger partial charge in [-0.05, 0) is 79.9 Å². The number of amides is 1. The number of carbonyl (C=O) groups excluding carboxylic acids is 1. The minimum absolute atomic E-state index is 0.0632. The fraction of sp³-hybridized carbons (Fsp3) is 0.235. The molecule has 0 aliphatic carbocycles. The number of allylic oxidation sites excluding steroid dienone is 1. The van der Waals surface area contributed by atoms with E-state index < -0.39 is 12.0 Å². The van der Waals surface area contributed by atoms with Crippen molar-refractivity contribution in [2.24, 2.45) is 4.99 Å². The van der Waals surface area contributed by atoms with Crippen LogP contribution in [0.4, 0.5) is 0 Å². The highest BCUT2D eigenvalue weighted by atomic mass is 35.5. The minimum Gasteiger partial charge on any atom is -0.493 e. The monoisotopic (exact) mass is 679 g/mol. The van der Waals surface area contributed by atoms with Crippen LogP contribution in [0.2, 0.25) is 10.0 Å². The Kier molecular flexibility index (Phi) is 10.0. The van der Waals surface area contributed by atoms with Gasteiger partial charge in [0.15, 0.2) is 16.3 Å². The molecule has 1 atom stereocenters. The Hall–Kier alpha value is -4.38. The van der Waals surface area contributed by atoms with Gasteiger partial charge in [0.1, 0.15) is 6.61 Å². The first kappa shape index (κ1) is 33.0. The lowest BCUT2D eigenvalue weighted by molar-refractivity contribution is -0.127. The van der Waals surface area contributed by atoms with Crippen LogP contribution in [0.3, 0.4) is 0 Å². The fourth-order valence-electron chi connectivity index (χ4n) is 5.30. The van der Waals surface area contributed by atoms with Crippen LogP contribution in [-0.4, -0.2) is 46.6 Å². The smallest absolute Gasteiger partial charge is 0.335 e. The molecule has 2 heterocycles. The summed E-state index contributed by atoms with van der Waals surface area (Å²) in [5.74, 6) is -0.597. The number of thiazole rings is 1. The molecule has 0 fully saturated rings. The van der Waals surface area contributed by atoms with Gasteiger partial charge in [0.25, 0.3) is 11.5 Å². The SMILES string of the molecule is CCN(CC)C(=O)C1=C(C)N=c2s/c(=C/c3cc(Cl)c(OCc4cccc(C(=O)O)c4)c(OC)c3)c(=O)n2[C@@H]1c1ccc(Cl)cc1. The Bertz CT molecular complexity index is 2030. The Balaban J connectivity index is 1.56. The summed E-state index contributed by atoms with van der Waals surface area (Å²) < 4.78 is 13.5. The van der Waals surface area contributed by atoms with E-state index in [1.807, 2.05) is 26.0 Å². The number of methoxy groups -OCH3 is 1. The molecule has 0 saturated carbocycles. The number of hydrogen-bond acceptors (Lipinski definition) is 7. The number of aromatic nitrogens is 1. The summed E-state index contributed by atoms with van der Waals surface area (Å²) in [4.78, 5) is 46.1. The van der Waals surface area contributed by atoms with Crippen LogP contribution in [0.1, 0.15) is 53.9 Å². The Morgan fingerprint density at radius 2 is 1.80 bits per heavy atom. The number of carboxylic acids is 1. The molecular weight excluding hydrogens is 649 g/mol. The summed E-state index contributed by atoms with van der Waals surface area (Å²) in [6, 6.07) is 16.2. The molecule has 0 unspecified atom stereocenters. The van der Waals surface area contributed by atoms with Crippen molar-refractivity contribution in [3.63, 3.8) is 0 Å². The number of nitrogens with zero attached hydrogens (tertiary/aromatic N) is 3. The maximum absolute atomic E-state index is 14.1. The Morgan fingerprint density at radius 1 is 1.09 bits per heavy atom. The summed E-state index contributed by atoms with van der Waals surface area (Å²) in [6.07, 6.45) is 1.70. The summed E-state index contributed by atoms with van der Waals surface area (Å²) in [5, 5.41) is 10.1. The lowest BCUT2D eigenvalue weighted by Gasteiger charge is -2.29. The van der Waals surface area contributed by atoms with Crippen molar-refractivity contribution in [3.05, 3.63) is 124 Å². The molecular formula is C34H31Cl2N3O6S. The average Bonchev–Trinajstić information content (AvgIpc) is 3.34. The maximum atomic E-state index is 14.1. The molecule has 12 heteroatoms. The molecule has 3 aromatic carbocycles. The summed E-state index contributed by atoms with van der Waals surface area (Å²) in [7, 11) is 1.48. The first-order valence-corrected chi connectivity index (χ1v) is 16.0. The number of carbonyl (C=O) groups is 2. The number of hydrogen-bond donors (Lipinski definition) is 1. The molecule has 9 nitrogen and oxygen atoms in total. The van der Waals surface area contributed by atoms with Gasteiger partial charge in [-0.15, -0.1) is 0 Å². The zero-order valence-corrected chi connectivity index (χ0v) is 27.9. The van der Waals surface area contributed by atoms with Gasteiger partial charge in [-0.2, -0.15) is 0 Å². The van der Waals surface area contributed by atoms with Crippen molar-refractivity contribution in [1.29, 1.82) is 0 Å². The molecule has 0 radical (unpaired) electrons. The second-order valence-corrected chi connectivity index (χ2v) is 12.3. The van der Waals surface area contributed by atoms with Gasteiger partial charge in [0, 0.05) is 18.1 Å². The van der Waals surface area contributed by atoms with Gasteiger partial charge < -0.3 is 19.5 Å². The molecule has 1 amide bonds. The van der Waals surface area contributed by atoms with Crippen LogP contribution >= 0.6 is 34.5 Å². The number of ether oxygens (including phenoxy) is 2. The van der Waals surface area contributed by atoms with E-state index in [1.165, 1.54) is 30.6 Å². The molecule has 0 spiro atoms. The van der Waals surface area contributed by atoms with Crippen LogP contribution in [0.25, 0.3) is 6.08 Å². The highest BCUT2D eigenvalue weighted by Crippen LogP contribution is 2.37. The number of halogens is 2. The number of rotatable bonds is 10. The summed E-state index contributed by atoms with van der Waals surface area (Å²) >= 11 is 14.0. The van der Waals surface area contributed by atoms with Crippen molar-refractivity contribution in [2.45, 2.75) is 33.4 Å². The van der Waals surface area contributed by atoms with E-state index in [4.69, 9.17) is 37.7 Å². The van der Waals surface area contributed by atoms with E-state index >= 15 is 0 Å². The van der Waals surface area contributed by atoms with Crippen molar-refractivity contribution in [1.82, 2.24) is 9.47 Å². The third kappa shape index (κ3) is 6.60. The lowest BCUT2D eigenvalue weighted by Crippen LogP contribution is -2.43. The van der Waals surface area contributed by atoms with E-state index in [-0.39, 0.29) is 34.4 Å². The molecule has 4 aromatic rings. The predicted octanol–water partition coefficient (Wildman–Crippen LogP) is 5.70. The molecule has 1 aromatic heterocycles. The summed E-state index contributed by atoms with van der Waals surface area (Å²) in [5.41, 5.74) is 2.79. The van der Waals surface area contributed by atoms with Gasteiger partial charge >= 0.3 is 5.97 Å². The number of aromatic carboxylic acids is 1. The van der Waals surface area contributed by atoms with E-state index in [0.29, 0.717) is 55.6 Å². The molecule has 1 aliphatic heterocycles. The van der Waals surface area contributed by atoms with Crippen molar-refractivity contribution in [3.8, 4) is 11.5 Å². The van der Waals surface area contributed by atoms with E-state index in [2.05, 4.69) is 0 Å². The Morgan fingerprint density at radius 3 is 2.46 bits per heavy atom. The largest absolute Gasteiger partial charge is 0.493 e. The van der Waals surface area contributed by atoms with Gasteiger partial charge in [-0.1, -0.05) is 58.8 Å². The topological polar surface area (TPSA) is 110 Å². The van der Waals surface area contributed by atoms with Crippen molar-refractivity contribution in [2.75, 3.05) is 20.2 Å². The van der Waals surface area contributed by atoms with Gasteiger partial charge in [-0.25, -0.2) is 9.79 Å². The lowest BCUT2D eigenvalue weighted by atomic mass is 9.94. The molecule has 238 valence electrons. The number of likely N-dealkylation sites (N-methyl/N-ethyl adjacent to an activating group) is 1. The Labute approximate surface area is 279 Å². The van der Waals surface area contributed by atoms with Crippen molar-refractivity contribution < 1.29 is 24.2 Å². The molecule has 5 rings (SSSR count). The third-order valence-corrected chi connectivity index (χ3v) is 9.11. The van der Waals surface area contributed by atoms with E-state index in [0.717, 1.165) is 5.56 Å². The highest BCUT2D eigenvalue weighted by Gasteiger charge is 2.34. The molecule has 0 saturated heterocycles. The van der Waals surface area contributed by atoms with E-state index in [9.17, 15) is 19.5 Å². The van der Waals surface area contributed by atoms with Gasteiger partial charge in [0.2, 0.25) is 0 Å². The van der Waals surface area contributed by atoms with Crippen LogP contribution < -0.4 is 24.4 Å². The fourth-order valence-corrected chi connectivity index (χ4v) is 6.75. The van der Waals surface area contributed by atoms with Crippen LogP contribution in [-0.2, 0) is 11.4 Å². The molecule has 0 bridgehead atoms. The first-order valence-electron chi connectivity index (χ1n) is 14.5.